The minimum Gasteiger partial charge on any atom is -0.496 e. The van der Waals surface area contributed by atoms with Gasteiger partial charge in [0.15, 0.2) is 0 Å². The maximum absolute atomic E-state index is 11.3. The molecule has 0 atom stereocenters. The number of methoxy groups -OCH3 is 1. The maximum atomic E-state index is 11.3. The van der Waals surface area contributed by atoms with Crippen LogP contribution in [0.1, 0.15) is 4.88 Å². The first-order chi connectivity index (χ1) is 7.15. The van der Waals surface area contributed by atoms with E-state index in [0.717, 1.165) is 10.6 Å². The highest BCUT2D eigenvalue weighted by Crippen LogP contribution is 2.23. The van der Waals surface area contributed by atoms with Gasteiger partial charge in [-0.3, -0.25) is 4.79 Å². The fraction of sp³-hybridized carbons (Fsp3) is 0.500. The summed E-state index contributed by atoms with van der Waals surface area (Å²) in [4.78, 5) is 13.9. The van der Waals surface area contributed by atoms with E-state index in [2.05, 4.69) is 5.32 Å². The topological polar surface area (TPSA) is 41.6 Å². The number of nitrogens with one attached hydrogen (secondary N) is 1. The van der Waals surface area contributed by atoms with E-state index in [-0.39, 0.29) is 5.91 Å². The third kappa shape index (κ3) is 3.53. The van der Waals surface area contributed by atoms with Crippen LogP contribution >= 0.6 is 11.3 Å². The number of ether oxygens (including phenoxy) is 1. The Labute approximate surface area is 93.8 Å². The second-order valence-electron chi connectivity index (χ2n) is 3.30. The van der Waals surface area contributed by atoms with Gasteiger partial charge in [0.2, 0.25) is 5.91 Å². The minimum absolute atomic E-state index is 0.0746. The molecule has 5 heteroatoms. The highest BCUT2D eigenvalue weighted by atomic mass is 32.1. The van der Waals surface area contributed by atoms with E-state index in [1.165, 1.54) is 0 Å². The summed E-state index contributed by atoms with van der Waals surface area (Å²) in [7, 11) is 5.14. The van der Waals surface area contributed by atoms with E-state index in [1.54, 1.807) is 37.4 Å². The molecule has 4 nitrogen and oxygen atoms in total. The third-order valence-corrected chi connectivity index (χ3v) is 2.89. The Morgan fingerprint density at radius 2 is 2.33 bits per heavy atom. The van der Waals surface area contributed by atoms with Crippen LogP contribution in [0.15, 0.2) is 11.4 Å². The Kier molecular flexibility index (Phi) is 4.58. The van der Waals surface area contributed by atoms with Gasteiger partial charge >= 0.3 is 0 Å². The smallest absolute Gasteiger partial charge is 0.236 e. The molecule has 0 fully saturated rings. The summed E-state index contributed by atoms with van der Waals surface area (Å²) in [5, 5.41) is 5.06. The average Bonchev–Trinajstić information content (AvgIpc) is 2.65. The number of carbonyl (C=O) groups is 1. The molecule has 0 saturated heterocycles. The molecule has 1 amide bonds. The summed E-state index contributed by atoms with van der Waals surface area (Å²) in [5.74, 6) is 0.954. The number of nitrogens with zero attached hydrogens (tertiary/aromatic N) is 1. The van der Waals surface area contributed by atoms with Gasteiger partial charge in [-0.25, -0.2) is 0 Å². The normalized spacial score (nSPS) is 10.1. The lowest BCUT2D eigenvalue weighted by molar-refractivity contribution is -0.127. The zero-order valence-corrected chi connectivity index (χ0v) is 10.1. The third-order valence-electron chi connectivity index (χ3n) is 1.99. The number of hydrogen-bond donors (Lipinski definition) is 1. The molecule has 0 saturated carbocycles. The Hall–Kier alpha value is -1.07. The molecule has 0 unspecified atom stereocenters. The van der Waals surface area contributed by atoms with Crippen molar-refractivity contribution in [3.05, 3.63) is 16.3 Å². The lowest BCUT2D eigenvalue weighted by atomic mass is 10.4. The summed E-state index contributed by atoms with van der Waals surface area (Å²) in [6.07, 6.45) is 0. The van der Waals surface area contributed by atoms with Gasteiger partial charge in [-0.2, -0.15) is 0 Å². The molecule has 0 aliphatic carbocycles. The van der Waals surface area contributed by atoms with E-state index in [9.17, 15) is 4.79 Å². The predicted octanol–water partition coefficient (Wildman–Crippen LogP) is 0.935. The highest BCUT2D eigenvalue weighted by Gasteiger charge is 2.06. The molecular weight excluding hydrogens is 212 g/mol. The van der Waals surface area contributed by atoms with Crippen LogP contribution in [0.3, 0.4) is 0 Å². The Morgan fingerprint density at radius 3 is 2.93 bits per heavy atom. The molecule has 0 aromatic carbocycles. The molecule has 0 radical (unpaired) electrons. The van der Waals surface area contributed by atoms with Gasteiger partial charge in [-0.05, 0) is 11.4 Å². The lowest BCUT2D eigenvalue weighted by Crippen LogP contribution is -2.32. The number of hydrogen-bond acceptors (Lipinski definition) is 4. The summed E-state index contributed by atoms with van der Waals surface area (Å²) in [5.41, 5.74) is 0. The van der Waals surface area contributed by atoms with Crippen molar-refractivity contribution in [1.29, 1.82) is 0 Å². The van der Waals surface area contributed by atoms with Crippen molar-refractivity contribution in [3.8, 4) is 5.75 Å². The minimum atomic E-state index is 0.0746. The zero-order valence-electron chi connectivity index (χ0n) is 9.24. The summed E-state index contributed by atoms with van der Waals surface area (Å²) < 4.78 is 5.17. The second kappa shape index (κ2) is 5.72. The van der Waals surface area contributed by atoms with Crippen LogP contribution in [0.2, 0.25) is 0 Å². The molecule has 0 aliphatic heterocycles. The maximum Gasteiger partial charge on any atom is 0.236 e. The lowest BCUT2D eigenvalue weighted by Gasteiger charge is -2.10. The van der Waals surface area contributed by atoms with Gasteiger partial charge in [-0.15, -0.1) is 11.3 Å². The quantitative estimate of drug-likeness (QED) is 0.815. The van der Waals surface area contributed by atoms with Crippen LogP contribution in [-0.2, 0) is 11.3 Å². The molecule has 1 aromatic rings. The van der Waals surface area contributed by atoms with Gasteiger partial charge in [0.1, 0.15) is 5.75 Å². The van der Waals surface area contributed by atoms with Crippen molar-refractivity contribution in [1.82, 2.24) is 10.2 Å². The van der Waals surface area contributed by atoms with Crippen molar-refractivity contribution in [2.75, 3.05) is 27.7 Å². The van der Waals surface area contributed by atoms with Gasteiger partial charge in [0.25, 0.3) is 0 Å². The van der Waals surface area contributed by atoms with Crippen molar-refractivity contribution in [2.45, 2.75) is 6.54 Å². The Balaban J connectivity index is 2.35. The van der Waals surface area contributed by atoms with Crippen LogP contribution < -0.4 is 10.1 Å². The van der Waals surface area contributed by atoms with E-state index >= 15 is 0 Å². The molecule has 84 valence electrons. The van der Waals surface area contributed by atoms with E-state index in [4.69, 9.17) is 4.74 Å². The second-order valence-corrected chi connectivity index (χ2v) is 4.30. The van der Waals surface area contributed by atoms with E-state index in [0.29, 0.717) is 13.1 Å². The molecule has 1 N–H and O–H groups in total. The zero-order chi connectivity index (χ0) is 11.3. The highest BCUT2D eigenvalue weighted by molar-refractivity contribution is 7.10. The van der Waals surface area contributed by atoms with E-state index in [1.807, 2.05) is 11.4 Å². The molecule has 1 aromatic heterocycles. The summed E-state index contributed by atoms with van der Waals surface area (Å²) >= 11 is 1.62. The van der Waals surface area contributed by atoms with Crippen molar-refractivity contribution >= 4 is 17.2 Å². The Morgan fingerprint density at radius 1 is 1.60 bits per heavy atom. The van der Waals surface area contributed by atoms with Crippen LogP contribution in [-0.4, -0.2) is 38.6 Å². The summed E-state index contributed by atoms with van der Waals surface area (Å²) in [6.45, 7) is 1.02. The van der Waals surface area contributed by atoms with Crippen molar-refractivity contribution in [3.63, 3.8) is 0 Å². The van der Waals surface area contributed by atoms with Gasteiger partial charge < -0.3 is 15.0 Å². The van der Waals surface area contributed by atoms with E-state index < -0.39 is 0 Å². The van der Waals surface area contributed by atoms with Crippen molar-refractivity contribution in [2.24, 2.45) is 0 Å². The number of rotatable bonds is 5. The van der Waals surface area contributed by atoms with Gasteiger partial charge in [-0.1, -0.05) is 0 Å². The number of thiophene rings is 1. The number of likely N-dealkylation sites (N-methyl/N-ethyl adjacent to an activating group) is 1. The standard InChI is InChI=1S/C10H16N2O2S/c1-12(2)10(13)7-11-6-9-8(14-3)4-5-15-9/h4-5,11H,6-7H2,1-3H3. The number of amides is 1. The SMILES string of the molecule is COc1ccsc1CNCC(=O)N(C)C. The van der Waals surface area contributed by atoms with Crippen LogP contribution in [0.4, 0.5) is 0 Å². The monoisotopic (exact) mass is 228 g/mol. The molecule has 15 heavy (non-hydrogen) atoms. The number of carbonyl (C=O) groups excluding carboxylic acids is 1. The average molecular weight is 228 g/mol. The largest absolute Gasteiger partial charge is 0.496 e. The van der Waals surface area contributed by atoms with Crippen LogP contribution in [0.25, 0.3) is 0 Å². The predicted molar refractivity (Wildman–Crippen MR) is 61.3 cm³/mol. The first-order valence-corrected chi connectivity index (χ1v) is 5.54. The molecular formula is C10H16N2O2S. The molecule has 1 rings (SSSR count). The fourth-order valence-electron chi connectivity index (χ4n) is 1.08. The van der Waals surface area contributed by atoms with Gasteiger partial charge in [0, 0.05) is 20.6 Å². The first-order valence-electron chi connectivity index (χ1n) is 4.66. The molecule has 0 aliphatic rings. The van der Waals surface area contributed by atoms with Crippen LogP contribution in [0.5, 0.6) is 5.75 Å². The first kappa shape index (κ1) is 12.0. The Bertz CT molecular complexity index is 323. The van der Waals surface area contributed by atoms with Crippen molar-refractivity contribution < 1.29 is 9.53 Å². The molecule has 0 bridgehead atoms. The van der Waals surface area contributed by atoms with Crippen LogP contribution in [0, 0.1) is 0 Å². The summed E-state index contributed by atoms with van der Waals surface area (Å²) in [6, 6.07) is 1.93. The molecule has 1 heterocycles. The fourth-order valence-corrected chi connectivity index (χ4v) is 1.89. The van der Waals surface area contributed by atoms with Gasteiger partial charge in [0.05, 0.1) is 18.5 Å². The molecule has 0 spiro atoms.